The average Bonchev–Trinajstić information content (AvgIpc) is 2.46. The second kappa shape index (κ2) is 5.79. The van der Waals surface area contributed by atoms with Crippen LogP contribution in [0, 0.1) is 5.92 Å². The lowest BCUT2D eigenvalue weighted by Gasteiger charge is -2.27. The van der Waals surface area contributed by atoms with E-state index in [1.54, 1.807) is 0 Å². The van der Waals surface area contributed by atoms with Gasteiger partial charge in [-0.3, -0.25) is 0 Å². The van der Waals surface area contributed by atoms with Crippen molar-refractivity contribution in [3.8, 4) is 0 Å². The highest BCUT2D eigenvalue weighted by Gasteiger charge is 2.22. The molecule has 1 saturated carbocycles. The van der Waals surface area contributed by atoms with Gasteiger partial charge >= 0.3 is 0 Å². The number of nitrogens with one attached hydrogen (secondary N) is 1. The highest BCUT2D eigenvalue weighted by atomic mass is 35.5. The Bertz CT molecular complexity index is 550. The van der Waals surface area contributed by atoms with E-state index in [0.717, 1.165) is 18.8 Å². The number of nitrogens with zero attached hydrogens (tertiary/aromatic N) is 1. The number of aromatic nitrogens is 1. The molecule has 0 saturated heterocycles. The Morgan fingerprint density at radius 2 is 2.00 bits per heavy atom. The van der Waals surface area contributed by atoms with Crippen molar-refractivity contribution in [1.29, 1.82) is 0 Å². The van der Waals surface area contributed by atoms with Gasteiger partial charge in [-0.2, -0.15) is 0 Å². The molecule has 2 unspecified atom stereocenters. The van der Waals surface area contributed by atoms with E-state index in [4.69, 9.17) is 11.6 Å². The molecule has 0 spiro atoms. The number of hydrogen-bond donors (Lipinski definition) is 1. The molecule has 1 aromatic heterocycles. The summed E-state index contributed by atoms with van der Waals surface area (Å²) in [4.78, 5) is 4.46. The molecule has 100 valence electrons. The second-order valence-electron chi connectivity index (χ2n) is 5.32. The molecule has 2 aromatic rings. The molecule has 1 heterocycles. The van der Waals surface area contributed by atoms with Crippen LogP contribution in [0.1, 0.15) is 25.7 Å². The zero-order valence-corrected chi connectivity index (χ0v) is 11.7. The van der Waals surface area contributed by atoms with Crippen molar-refractivity contribution in [2.45, 2.75) is 31.1 Å². The first-order chi connectivity index (χ1) is 9.34. The number of rotatable bonds is 3. The molecular formula is C16H19ClN2. The van der Waals surface area contributed by atoms with E-state index in [1.165, 1.54) is 30.0 Å². The summed E-state index contributed by atoms with van der Waals surface area (Å²) in [5.74, 6) is 1.55. The van der Waals surface area contributed by atoms with Crippen molar-refractivity contribution in [1.82, 2.24) is 4.98 Å². The van der Waals surface area contributed by atoms with Crippen LogP contribution in [0.15, 0.2) is 36.5 Å². The molecule has 3 rings (SSSR count). The molecule has 1 fully saturated rings. The third-order valence-corrected chi connectivity index (χ3v) is 4.60. The zero-order chi connectivity index (χ0) is 13.1. The maximum absolute atomic E-state index is 6.41. The predicted octanol–water partition coefficient (Wildman–Crippen LogP) is 4.44. The van der Waals surface area contributed by atoms with Crippen LogP contribution in [-0.2, 0) is 0 Å². The second-order valence-corrected chi connectivity index (χ2v) is 5.88. The first-order valence-electron chi connectivity index (χ1n) is 7.06. The van der Waals surface area contributed by atoms with Crippen LogP contribution in [0.5, 0.6) is 0 Å². The van der Waals surface area contributed by atoms with Gasteiger partial charge in [-0.1, -0.05) is 37.1 Å². The molecule has 1 aromatic carbocycles. The lowest BCUT2D eigenvalue weighted by molar-refractivity contribution is 0.380. The SMILES string of the molecule is ClC1CCCCC1CNc1nccc2ccccc12. The first-order valence-corrected chi connectivity index (χ1v) is 7.50. The number of fused-ring (bicyclic) bond motifs is 1. The Morgan fingerprint density at radius 1 is 1.16 bits per heavy atom. The van der Waals surface area contributed by atoms with E-state index in [9.17, 15) is 0 Å². The van der Waals surface area contributed by atoms with Crippen molar-refractivity contribution in [3.05, 3.63) is 36.5 Å². The molecular weight excluding hydrogens is 256 g/mol. The summed E-state index contributed by atoms with van der Waals surface area (Å²) in [6, 6.07) is 10.4. The molecule has 1 aliphatic carbocycles. The summed E-state index contributed by atoms with van der Waals surface area (Å²) in [5, 5.41) is 6.22. The Morgan fingerprint density at radius 3 is 2.89 bits per heavy atom. The van der Waals surface area contributed by atoms with Crippen molar-refractivity contribution in [3.63, 3.8) is 0 Å². The van der Waals surface area contributed by atoms with E-state index in [2.05, 4.69) is 34.6 Å². The lowest BCUT2D eigenvalue weighted by atomic mass is 9.89. The molecule has 0 radical (unpaired) electrons. The van der Waals surface area contributed by atoms with E-state index >= 15 is 0 Å². The van der Waals surface area contributed by atoms with Gasteiger partial charge in [0.05, 0.1) is 0 Å². The maximum atomic E-state index is 6.41. The Hall–Kier alpha value is -1.28. The topological polar surface area (TPSA) is 24.9 Å². The van der Waals surface area contributed by atoms with Crippen molar-refractivity contribution in [2.24, 2.45) is 5.92 Å². The van der Waals surface area contributed by atoms with Crippen molar-refractivity contribution >= 4 is 28.2 Å². The van der Waals surface area contributed by atoms with Crippen LogP contribution in [0.4, 0.5) is 5.82 Å². The van der Waals surface area contributed by atoms with Gasteiger partial charge in [-0.15, -0.1) is 11.6 Å². The molecule has 19 heavy (non-hydrogen) atoms. The summed E-state index contributed by atoms with van der Waals surface area (Å²) in [6.45, 7) is 0.926. The van der Waals surface area contributed by atoms with Crippen LogP contribution < -0.4 is 5.32 Å². The fourth-order valence-electron chi connectivity index (χ4n) is 2.88. The van der Waals surface area contributed by atoms with Crippen LogP contribution >= 0.6 is 11.6 Å². The summed E-state index contributed by atoms with van der Waals surface area (Å²) in [5.41, 5.74) is 0. The number of anilines is 1. The van der Waals surface area contributed by atoms with Crippen molar-refractivity contribution < 1.29 is 0 Å². The third-order valence-electron chi connectivity index (χ3n) is 4.02. The summed E-state index contributed by atoms with van der Waals surface area (Å²) < 4.78 is 0. The molecule has 0 bridgehead atoms. The zero-order valence-electron chi connectivity index (χ0n) is 11.0. The highest BCUT2D eigenvalue weighted by molar-refractivity contribution is 6.20. The predicted molar refractivity (Wildman–Crippen MR) is 81.8 cm³/mol. The molecule has 1 aliphatic rings. The number of benzene rings is 1. The first kappa shape index (κ1) is 12.7. The minimum Gasteiger partial charge on any atom is -0.369 e. The van der Waals surface area contributed by atoms with Gasteiger partial charge in [0, 0.05) is 23.5 Å². The van der Waals surface area contributed by atoms with Crippen molar-refractivity contribution in [2.75, 3.05) is 11.9 Å². The van der Waals surface area contributed by atoms with Gasteiger partial charge in [0.1, 0.15) is 5.82 Å². The minimum atomic E-state index is 0.316. The van der Waals surface area contributed by atoms with E-state index in [0.29, 0.717) is 11.3 Å². The molecule has 0 aliphatic heterocycles. The quantitative estimate of drug-likeness (QED) is 0.837. The van der Waals surface area contributed by atoms with Gasteiger partial charge in [-0.05, 0) is 30.2 Å². The molecule has 2 atom stereocenters. The Balaban J connectivity index is 1.74. The molecule has 2 nitrogen and oxygen atoms in total. The van der Waals surface area contributed by atoms with Crippen LogP contribution in [0.2, 0.25) is 0 Å². The Labute approximate surface area is 119 Å². The van der Waals surface area contributed by atoms with Gasteiger partial charge in [0.25, 0.3) is 0 Å². The largest absolute Gasteiger partial charge is 0.369 e. The highest BCUT2D eigenvalue weighted by Crippen LogP contribution is 2.29. The lowest BCUT2D eigenvalue weighted by Crippen LogP contribution is -2.27. The summed E-state index contributed by atoms with van der Waals surface area (Å²) >= 11 is 6.41. The fourth-order valence-corrected chi connectivity index (χ4v) is 3.25. The maximum Gasteiger partial charge on any atom is 0.133 e. The van der Waals surface area contributed by atoms with Gasteiger partial charge in [0.15, 0.2) is 0 Å². The van der Waals surface area contributed by atoms with Gasteiger partial charge in [0.2, 0.25) is 0 Å². The molecule has 0 amide bonds. The van der Waals surface area contributed by atoms with Crippen LogP contribution in [-0.4, -0.2) is 16.9 Å². The fraction of sp³-hybridized carbons (Fsp3) is 0.438. The standard InChI is InChI=1S/C16H19ClN2/c17-15-8-4-2-6-13(15)11-19-16-14-7-3-1-5-12(14)9-10-18-16/h1,3,5,7,9-10,13,15H,2,4,6,8,11H2,(H,18,19). The van der Waals surface area contributed by atoms with Gasteiger partial charge < -0.3 is 5.32 Å². The smallest absolute Gasteiger partial charge is 0.133 e. The molecule has 1 N–H and O–H groups in total. The summed E-state index contributed by atoms with van der Waals surface area (Å²) in [7, 11) is 0. The number of hydrogen-bond acceptors (Lipinski definition) is 2. The van der Waals surface area contributed by atoms with E-state index in [-0.39, 0.29) is 0 Å². The normalized spacial score (nSPS) is 23.4. The minimum absolute atomic E-state index is 0.316. The monoisotopic (exact) mass is 274 g/mol. The number of alkyl halides is 1. The Kier molecular flexibility index (Phi) is 3.88. The van der Waals surface area contributed by atoms with Crippen LogP contribution in [0.25, 0.3) is 10.8 Å². The van der Waals surface area contributed by atoms with E-state index in [1.807, 2.05) is 12.3 Å². The summed E-state index contributed by atoms with van der Waals surface area (Å²) in [6.07, 6.45) is 6.82. The third kappa shape index (κ3) is 2.84. The van der Waals surface area contributed by atoms with Crippen LogP contribution in [0.3, 0.4) is 0 Å². The average molecular weight is 275 g/mol. The van der Waals surface area contributed by atoms with Gasteiger partial charge in [-0.25, -0.2) is 4.98 Å². The molecule has 3 heteroatoms. The number of halogens is 1. The number of pyridine rings is 1. The van der Waals surface area contributed by atoms with E-state index < -0.39 is 0 Å².